The van der Waals surface area contributed by atoms with Gasteiger partial charge in [-0.25, -0.2) is 9.78 Å². The molecule has 0 bridgehead atoms. The summed E-state index contributed by atoms with van der Waals surface area (Å²) < 4.78 is 5.49. The van der Waals surface area contributed by atoms with Crippen LogP contribution in [0, 0.1) is 0 Å². The number of nitrogens with one attached hydrogen (secondary N) is 5. The number of H-pyrrole nitrogens is 2. The van der Waals surface area contributed by atoms with Gasteiger partial charge in [0.15, 0.2) is 12.2 Å². The van der Waals surface area contributed by atoms with E-state index in [2.05, 4.69) is 30.9 Å². The average molecular weight is 697 g/mol. The third-order valence-electron chi connectivity index (χ3n) is 8.79. The van der Waals surface area contributed by atoms with E-state index in [1.807, 2.05) is 44.7 Å². The Hall–Kier alpha value is -5.17. The molecular weight excluding hydrogens is 657 g/mol. The van der Waals surface area contributed by atoms with Crippen molar-refractivity contribution in [1.82, 2.24) is 30.9 Å². The van der Waals surface area contributed by atoms with Crippen LogP contribution in [0.4, 0.5) is 4.79 Å². The van der Waals surface area contributed by atoms with Gasteiger partial charge in [0, 0.05) is 40.5 Å². The lowest BCUT2D eigenvalue weighted by Crippen LogP contribution is -2.46. The van der Waals surface area contributed by atoms with Gasteiger partial charge in [0.25, 0.3) is 11.1 Å². The second-order valence-electron chi connectivity index (χ2n) is 13.6. The monoisotopic (exact) mass is 696 g/mol. The van der Waals surface area contributed by atoms with Crippen LogP contribution in [0.25, 0.3) is 12.2 Å². The molecule has 2 aliphatic heterocycles. The van der Waals surface area contributed by atoms with E-state index in [4.69, 9.17) is 4.42 Å². The normalized spacial score (nSPS) is 19.3. The highest BCUT2D eigenvalue weighted by Gasteiger charge is 2.42. The Morgan fingerprint density at radius 3 is 2.44 bits per heavy atom. The largest absolute Gasteiger partial charge is 0.447 e. The van der Waals surface area contributed by atoms with E-state index in [1.54, 1.807) is 36.4 Å². The van der Waals surface area contributed by atoms with Crippen molar-refractivity contribution in [3.05, 3.63) is 120 Å². The fourth-order valence-electron chi connectivity index (χ4n) is 6.19. The Balaban J connectivity index is 1.03. The maximum atomic E-state index is 13.3. The fourth-order valence-corrected chi connectivity index (χ4v) is 7.74. The molecule has 2 aromatic carbocycles. The predicted octanol–water partition coefficient (Wildman–Crippen LogP) is 2.58. The predicted molar refractivity (Wildman–Crippen MR) is 191 cm³/mol. The molecule has 0 aliphatic carbocycles. The highest BCUT2D eigenvalue weighted by atomic mass is 32.2. The number of carbonyl (C=O) groups excluding carboxylic acids is 3. The second kappa shape index (κ2) is 14.8. The van der Waals surface area contributed by atoms with Crippen LogP contribution < -0.4 is 37.8 Å². The molecule has 3 atom stereocenters. The Morgan fingerprint density at radius 1 is 0.960 bits per heavy atom. The van der Waals surface area contributed by atoms with E-state index in [0.29, 0.717) is 46.4 Å². The summed E-state index contributed by atoms with van der Waals surface area (Å²) in [4.78, 5) is 72.5. The number of hydrogen-bond acceptors (Lipinski definition) is 8. The number of aromatic nitrogens is 3. The lowest BCUT2D eigenvalue weighted by atomic mass is 9.92. The van der Waals surface area contributed by atoms with Crippen molar-refractivity contribution >= 4 is 41.6 Å². The van der Waals surface area contributed by atoms with Crippen molar-refractivity contribution in [2.24, 2.45) is 0 Å². The summed E-state index contributed by atoms with van der Waals surface area (Å²) in [6.07, 6.45) is 7.39. The van der Waals surface area contributed by atoms with Gasteiger partial charge in [-0.1, -0.05) is 69.7 Å². The van der Waals surface area contributed by atoms with E-state index in [1.165, 1.54) is 18.5 Å². The van der Waals surface area contributed by atoms with E-state index in [0.717, 1.165) is 30.6 Å². The van der Waals surface area contributed by atoms with Gasteiger partial charge in [-0.05, 0) is 42.2 Å². The smallest absolute Gasteiger partial charge is 0.315 e. The minimum absolute atomic E-state index is 0.0244. The Labute approximate surface area is 292 Å². The van der Waals surface area contributed by atoms with Crippen molar-refractivity contribution in [3.63, 3.8) is 0 Å². The number of rotatable bonds is 11. The molecule has 12 nitrogen and oxygen atoms in total. The van der Waals surface area contributed by atoms with Crippen LogP contribution >= 0.6 is 11.8 Å². The van der Waals surface area contributed by atoms with Crippen molar-refractivity contribution in [2.75, 3.05) is 5.75 Å². The summed E-state index contributed by atoms with van der Waals surface area (Å²) in [5, 5.41) is 9.37. The number of urea groups is 1. The molecule has 5 N–H and O–H groups in total. The van der Waals surface area contributed by atoms with Gasteiger partial charge in [0.05, 0.1) is 12.1 Å². The zero-order valence-corrected chi connectivity index (χ0v) is 28.9. The summed E-state index contributed by atoms with van der Waals surface area (Å²) in [7, 11) is 0. The number of oxazole rings is 1. The first-order valence-electron chi connectivity index (χ1n) is 16.6. The highest BCUT2D eigenvalue weighted by Crippen LogP contribution is 2.33. The van der Waals surface area contributed by atoms with Gasteiger partial charge < -0.3 is 30.3 Å². The van der Waals surface area contributed by atoms with Gasteiger partial charge in [-0.15, -0.1) is 0 Å². The van der Waals surface area contributed by atoms with Crippen molar-refractivity contribution < 1.29 is 18.8 Å². The quantitative estimate of drug-likeness (QED) is 0.0902. The van der Waals surface area contributed by atoms with E-state index in [9.17, 15) is 24.0 Å². The first-order chi connectivity index (χ1) is 23.9. The number of aromatic amines is 2. The van der Waals surface area contributed by atoms with Crippen LogP contribution in [-0.2, 0) is 16.8 Å². The number of amides is 3. The van der Waals surface area contributed by atoms with E-state index >= 15 is 0 Å². The molecule has 50 heavy (non-hydrogen) atoms. The number of benzene rings is 2. The average Bonchev–Trinajstić information content (AvgIpc) is 3.81. The number of thioether (sulfide) groups is 1. The minimum Gasteiger partial charge on any atom is -0.447 e. The van der Waals surface area contributed by atoms with Crippen molar-refractivity contribution in [3.8, 4) is 0 Å². The molecule has 0 saturated carbocycles. The van der Waals surface area contributed by atoms with Gasteiger partial charge in [0.1, 0.15) is 22.2 Å². The number of fused-ring (bicyclic) bond motifs is 1. The van der Waals surface area contributed by atoms with Gasteiger partial charge in [-0.2, -0.15) is 11.8 Å². The first-order valence-corrected chi connectivity index (χ1v) is 17.7. The van der Waals surface area contributed by atoms with Crippen LogP contribution in [-0.4, -0.2) is 55.8 Å². The number of nitrogens with zero attached hydrogens (tertiary/aromatic N) is 1. The molecule has 13 heteroatoms. The van der Waals surface area contributed by atoms with Crippen LogP contribution in [0.3, 0.4) is 0 Å². The standard InChI is InChI=1S/C37H40N6O6S/c1-37(2,3)33-25(39-20-49-33)17-27-35(47)40-26(34(46)41-27)16-22-7-6-8-24(15-22)32(45)23-13-11-21(12-14-23)18-38-30(44)10-5-4-9-29-31-28(19-50-29)42-36(48)43-31/h6-8,11-17,20,28-29,31H,4-5,9-10,18-19H2,1-3H3,(H,38,44)(H,40,47)(H,41,46)(H2,42,43,48)/b26-16+,27-17-/t28-,29-,31-/m0/s1. The molecule has 0 radical (unpaired) electrons. The van der Waals surface area contributed by atoms with Crippen LogP contribution in [0.1, 0.15) is 85.0 Å². The third-order valence-corrected chi connectivity index (χ3v) is 10.3. The number of unbranched alkanes of at least 4 members (excludes halogenated alkanes) is 1. The zero-order chi connectivity index (χ0) is 35.4. The summed E-state index contributed by atoms with van der Waals surface area (Å²) in [6.45, 7) is 6.23. The van der Waals surface area contributed by atoms with Crippen molar-refractivity contribution in [1.29, 1.82) is 0 Å². The Kier molecular flexibility index (Phi) is 10.2. The van der Waals surface area contributed by atoms with Crippen molar-refractivity contribution in [2.45, 2.75) is 75.7 Å². The second-order valence-corrected chi connectivity index (χ2v) is 14.9. The maximum Gasteiger partial charge on any atom is 0.315 e. The Morgan fingerprint density at radius 2 is 1.70 bits per heavy atom. The first kappa shape index (κ1) is 34.7. The molecule has 260 valence electrons. The zero-order valence-electron chi connectivity index (χ0n) is 28.1. The summed E-state index contributed by atoms with van der Waals surface area (Å²) in [6, 6.07) is 14.2. The molecule has 2 aliphatic rings. The number of hydrogen-bond donors (Lipinski definition) is 5. The summed E-state index contributed by atoms with van der Waals surface area (Å²) >= 11 is 1.88. The molecule has 2 saturated heterocycles. The third kappa shape index (κ3) is 8.16. The van der Waals surface area contributed by atoms with Crippen LogP contribution in [0.2, 0.25) is 0 Å². The van der Waals surface area contributed by atoms with E-state index < -0.39 is 11.1 Å². The SMILES string of the molecule is CC(C)(C)c1ocnc1/C=c1\[nH]c(=O)/c(=C\c2cccc(C(=O)c3ccc(CNC(=O)CCCC[C@@H]4SC[C@@H]5NC(=O)N[C@@H]54)cc3)c2)[nH]c1=O. The molecule has 0 spiro atoms. The van der Waals surface area contributed by atoms with Gasteiger partial charge in [-0.3, -0.25) is 19.2 Å². The van der Waals surface area contributed by atoms with Gasteiger partial charge >= 0.3 is 6.03 Å². The number of ketones is 1. The molecule has 0 unspecified atom stereocenters. The molecule has 4 heterocycles. The lowest BCUT2D eigenvalue weighted by Gasteiger charge is -2.16. The maximum absolute atomic E-state index is 13.3. The molecule has 3 amide bonds. The topological polar surface area (TPSA) is 179 Å². The van der Waals surface area contributed by atoms with Crippen LogP contribution in [0.15, 0.2) is 68.9 Å². The number of carbonyl (C=O) groups is 3. The molecule has 2 fully saturated rings. The van der Waals surface area contributed by atoms with E-state index in [-0.39, 0.29) is 45.9 Å². The molecule has 2 aromatic heterocycles. The molecule has 4 aromatic rings. The Bertz CT molecular complexity index is 2150. The summed E-state index contributed by atoms with van der Waals surface area (Å²) in [5.74, 6) is 1.29. The lowest BCUT2D eigenvalue weighted by molar-refractivity contribution is -0.121. The highest BCUT2D eigenvalue weighted by molar-refractivity contribution is 8.00. The van der Waals surface area contributed by atoms with Gasteiger partial charge in [0.2, 0.25) is 5.91 Å². The molecular formula is C37H40N6O6S. The minimum atomic E-state index is -0.504. The fraction of sp³-hybridized carbons (Fsp3) is 0.351. The van der Waals surface area contributed by atoms with Crippen LogP contribution in [0.5, 0.6) is 0 Å². The summed E-state index contributed by atoms with van der Waals surface area (Å²) in [5.41, 5.74) is 1.44. The molecule has 6 rings (SSSR count).